The molecule has 24 heavy (non-hydrogen) atoms. The van der Waals surface area contributed by atoms with Gasteiger partial charge < -0.3 is 5.32 Å². The minimum Gasteiger partial charge on any atom is -0.302 e. The van der Waals surface area contributed by atoms with Crippen LogP contribution in [0.2, 0.25) is 0 Å². The molecule has 0 saturated heterocycles. The Morgan fingerprint density at radius 2 is 1.83 bits per heavy atom. The second-order valence-corrected chi connectivity index (χ2v) is 6.47. The molecular weight excluding hydrogens is 323 g/mol. The number of aromatic nitrogens is 1. The molecule has 1 N–H and O–H groups in total. The molecule has 3 nitrogen and oxygen atoms in total. The first-order valence-electron chi connectivity index (χ1n) is 7.69. The highest BCUT2D eigenvalue weighted by molar-refractivity contribution is 7.19. The van der Waals surface area contributed by atoms with E-state index in [1.54, 1.807) is 12.1 Å². The molecule has 1 amide bonds. The Balaban J connectivity index is 1.64. The smallest absolute Gasteiger partial charge is 0.226 e. The highest BCUT2D eigenvalue weighted by atomic mass is 32.1. The van der Waals surface area contributed by atoms with Gasteiger partial charge in [-0.25, -0.2) is 9.37 Å². The molecule has 0 spiro atoms. The van der Waals surface area contributed by atoms with Gasteiger partial charge in [-0.1, -0.05) is 53.8 Å². The minimum atomic E-state index is -0.268. The molecule has 0 aliphatic heterocycles. The van der Waals surface area contributed by atoms with Gasteiger partial charge in [0.05, 0.1) is 10.6 Å². The van der Waals surface area contributed by atoms with Gasteiger partial charge in [0.15, 0.2) is 5.13 Å². The van der Waals surface area contributed by atoms with Gasteiger partial charge in [0.2, 0.25) is 5.91 Å². The second-order valence-electron chi connectivity index (χ2n) is 5.47. The molecular formula is C19H17FN2OS. The van der Waals surface area contributed by atoms with Crippen LogP contribution >= 0.6 is 11.3 Å². The Bertz CT molecular complexity index is 828. The second kappa shape index (κ2) is 7.36. The van der Waals surface area contributed by atoms with Gasteiger partial charge in [-0.3, -0.25) is 4.79 Å². The Labute approximate surface area is 144 Å². The van der Waals surface area contributed by atoms with E-state index >= 15 is 0 Å². The Morgan fingerprint density at radius 3 is 2.54 bits per heavy atom. The van der Waals surface area contributed by atoms with Crippen LogP contribution in [0.4, 0.5) is 9.52 Å². The summed E-state index contributed by atoms with van der Waals surface area (Å²) in [5.41, 5.74) is 2.86. The van der Waals surface area contributed by atoms with Gasteiger partial charge >= 0.3 is 0 Å². The first kappa shape index (κ1) is 16.3. The fourth-order valence-electron chi connectivity index (χ4n) is 2.40. The van der Waals surface area contributed by atoms with Gasteiger partial charge in [0.1, 0.15) is 5.82 Å². The van der Waals surface area contributed by atoms with E-state index in [-0.39, 0.29) is 11.7 Å². The first-order valence-corrected chi connectivity index (χ1v) is 8.50. The van der Waals surface area contributed by atoms with Crippen molar-refractivity contribution < 1.29 is 9.18 Å². The summed E-state index contributed by atoms with van der Waals surface area (Å²) >= 11 is 1.40. The van der Waals surface area contributed by atoms with Crippen molar-refractivity contribution in [2.24, 2.45) is 0 Å². The fraction of sp³-hybridized carbons (Fsp3) is 0.158. The van der Waals surface area contributed by atoms with E-state index in [0.717, 1.165) is 21.7 Å². The number of nitrogens with zero attached hydrogens (tertiary/aromatic N) is 1. The summed E-state index contributed by atoms with van der Waals surface area (Å²) in [7, 11) is 0. The summed E-state index contributed by atoms with van der Waals surface area (Å²) in [4.78, 5) is 17.4. The number of hydrogen-bond acceptors (Lipinski definition) is 3. The lowest BCUT2D eigenvalue weighted by Gasteiger charge is -2.02. The third-order valence-corrected chi connectivity index (χ3v) is 4.75. The summed E-state index contributed by atoms with van der Waals surface area (Å²) in [5, 5.41) is 3.42. The van der Waals surface area contributed by atoms with Crippen LogP contribution in [-0.4, -0.2) is 10.9 Å². The van der Waals surface area contributed by atoms with Crippen molar-refractivity contribution in [3.05, 3.63) is 71.7 Å². The number of halogens is 1. The Kier molecular flexibility index (Phi) is 5.01. The van der Waals surface area contributed by atoms with Crippen LogP contribution in [0.3, 0.4) is 0 Å². The third-order valence-electron chi connectivity index (χ3n) is 3.63. The highest BCUT2D eigenvalue weighted by Crippen LogP contribution is 2.32. The normalized spacial score (nSPS) is 10.6. The van der Waals surface area contributed by atoms with Gasteiger partial charge in [-0.2, -0.15) is 0 Å². The van der Waals surface area contributed by atoms with E-state index in [2.05, 4.69) is 10.3 Å². The van der Waals surface area contributed by atoms with Crippen LogP contribution in [0, 0.1) is 12.7 Å². The Hall–Kier alpha value is -2.53. The SMILES string of the molecule is Cc1nc(NC(=O)CCc2ccccc2)sc1-c1ccc(F)cc1. The van der Waals surface area contributed by atoms with Crippen LogP contribution in [0.25, 0.3) is 10.4 Å². The predicted octanol–water partition coefficient (Wildman–Crippen LogP) is 4.83. The zero-order valence-corrected chi connectivity index (χ0v) is 14.1. The molecule has 0 fully saturated rings. The minimum absolute atomic E-state index is 0.0572. The maximum absolute atomic E-state index is 13.0. The molecule has 0 unspecified atom stereocenters. The standard InChI is InChI=1S/C19H17FN2OS/c1-13-18(15-8-10-16(20)11-9-15)24-19(21-13)22-17(23)12-7-14-5-3-2-4-6-14/h2-6,8-11H,7,12H2,1H3,(H,21,22,23). The van der Waals surface area contributed by atoms with Gasteiger partial charge in [-0.15, -0.1) is 0 Å². The molecule has 122 valence electrons. The van der Waals surface area contributed by atoms with Gasteiger partial charge in [0.25, 0.3) is 0 Å². The monoisotopic (exact) mass is 340 g/mol. The molecule has 3 rings (SSSR count). The average molecular weight is 340 g/mol. The maximum atomic E-state index is 13.0. The van der Waals surface area contributed by atoms with E-state index in [1.807, 2.05) is 37.3 Å². The van der Waals surface area contributed by atoms with Crippen molar-refractivity contribution in [1.82, 2.24) is 4.98 Å². The maximum Gasteiger partial charge on any atom is 0.226 e. The van der Waals surface area contributed by atoms with Crippen LogP contribution < -0.4 is 5.32 Å². The number of rotatable bonds is 5. The van der Waals surface area contributed by atoms with E-state index in [1.165, 1.54) is 23.5 Å². The molecule has 0 atom stereocenters. The number of hydrogen-bond donors (Lipinski definition) is 1. The van der Waals surface area contributed by atoms with Crippen LogP contribution in [0.1, 0.15) is 17.7 Å². The lowest BCUT2D eigenvalue weighted by molar-refractivity contribution is -0.116. The zero-order chi connectivity index (χ0) is 16.9. The number of carbonyl (C=O) groups excluding carboxylic acids is 1. The summed E-state index contributed by atoms with van der Waals surface area (Å²) < 4.78 is 13.0. The van der Waals surface area contributed by atoms with Crippen molar-refractivity contribution in [3.63, 3.8) is 0 Å². The number of amides is 1. The van der Waals surface area contributed by atoms with E-state index in [9.17, 15) is 9.18 Å². The molecule has 1 heterocycles. The largest absolute Gasteiger partial charge is 0.302 e. The quantitative estimate of drug-likeness (QED) is 0.723. The molecule has 0 bridgehead atoms. The number of benzene rings is 2. The highest BCUT2D eigenvalue weighted by Gasteiger charge is 2.12. The molecule has 0 saturated carbocycles. The number of aryl methyl sites for hydroxylation is 2. The summed E-state index contributed by atoms with van der Waals surface area (Å²) in [6.45, 7) is 1.88. The van der Waals surface area contributed by atoms with Crippen molar-refractivity contribution in [3.8, 4) is 10.4 Å². The van der Waals surface area contributed by atoms with Gasteiger partial charge in [-0.05, 0) is 36.6 Å². The first-order chi connectivity index (χ1) is 11.6. The Morgan fingerprint density at radius 1 is 1.12 bits per heavy atom. The molecule has 0 aliphatic rings. The number of thiazole rings is 1. The van der Waals surface area contributed by atoms with E-state index in [0.29, 0.717) is 18.0 Å². The summed E-state index contributed by atoms with van der Waals surface area (Å²) in [5.74, 6) is -0.325. The van der Waals surface area contributed by atoms with Crippen LogP contribution in [-0.2, 0) is 11.2 Å². The van der Waals surface area contributed by atoms with Crippen LogP contribution in [0.5, 0.6) is 0 Å². The van der Waals surface area contributed by atoms with Crippen molar-refractivity contribution in [1.29, 1.82) is 0 Å². The lowest BCUT2D eigenvalue weighted by atomic mass is 10.1. The zero-order valence-electron chi connectivity index (χ0n) is 13.3. The molecule has 0 aliphatic carbocycles. The van der Waals surface area contributed by atoms with E-state index < -0.39 is 0 Å². The predicted molar refractivity (Wildman–Crippen MR) is 95.6 cm³/mol. The van der Waals surface area contributed by atoms with Crippen LogP contribution in [0.15, 0.2) is 54.6 Å². The average Bonchev–Trinajstić information content (AvgIpc) is 2.95. The molecule has 1 aromatic heterocycles. The van der Waals surface area contributed by atoms with Crippen molar-refractivity contribution in [2.45, 2.75) is 19.8 Å². The van der Waals surface area contributed by atoms with Crippen molar-refractivity contribution in [2.75, 3.05) is 5.32 Å². The third kappa shape index (κ3) is 4.06. The molecule has 0 radical (unpaired) electrons. The molecule has 2 aromatic carbocycles. The number of nitrogens with one attached hydrogen (secondary N) is 1. The fourth-order valence-corrected chi connectivity index (χ4v) is 3.39. The lowest BCUT2D eigenvalue weighted by Crippen LogP contribution is -2.12. The number of anilines is 1. The van der Waals surface area contributed by atoms with Crippen molar-refractivity contribution >= 4 is 22.4 Å². The summed E-state index contributed by atoms with van der Waals surface area (Å²) in [6, 6.07) is 16.2. The van der Waals surface area contributed by atoms with Gasteiger partial charge in [0, 0.05) is 6.42 Å². The van der Waals surface area contributed by atoms with E-state index in [4.69, 9.17) is 0 Å². The summed E-state index contributed by atoms with van der Waals surface area (Å²) in [6.07, 6.45) is 1.11. The molecule has 5 heteroatoms. The molecule has 3 aromatic rings. The number of carbonyl (C=O) groups is 1. The topological polar surface area (TPSA) is 42.0 Å².